The highest BCUT2D eigenvalue weighted by atomic mass is 32.2. The van der Waals surface area contributed by atoms with E-state index in [1.807, 2.05) is 25.1 Å². The number of esters is 1. The number of anilines is 2. The van der Waals surface area contributed by atoms with Crippen molar-refractivity contribution < 1.29 is 19.1 Å². The molecule has 0 bridgehead atoms. The van der Waals surface area contributed by atoms with E-state index in [-0.39, 0.29) is 17.1 Å². The van der Waals surface area contributed by atoms with Crippen molar-refractivity contribution in [3.63, 3.8) is 0 Å². The second-order valence-electron chi connectivity index (χ2n) is 7.57. The smallest absolute Gasteiger partial charge is 0.341 e. The number of aryl methyl sites for hydroxylation is 1. The van der Waals surface area contributed by atoms with E-state index in [0.717, 1.165) is 42.6 Å². The molecule has 3 rings (SSSR count). The number of ether oxygens (including phenoxy) is 1. The number of benzene rings is 1. The lowest BCUT2D eigenvalue weighted by Crippen LogP contribution is -2.23. The van der Waals surface area contributed by atoms with Gasteiger partial charge in [0.15, 0.2) is 0 Å². The van der Waals surface area contributed by atoms with Crippen molar-refractivity contribution in [1.82, 2.24) is 0 Å². The van der Waals surface area contributed by atoms with Crippen molar-refractivity contribution in [3.05, 3.63) is 40.3 Å². The number of thiophene rings is 1. The summed E-state index contributed by atoms with van der Waals surface area (Å²) in [7, 11) is 1.38. The summed E-state index contributed by atoms with van der Waals surface area (Å²) in [6.45, 7) is 3.28. The second-order valence-corrected chi connectivity index (χ2v) is 10.1. The van der Waals surface area contributed by atoms with Crippen LogP contribution in [0.4, 0.5) is 10.7 Å². The Hall–Kier alpha value is -2.32. The van der Waals surface area contributed by atoms with E-state index in [9.17, 15) is 14.4 Å². The fraction of sp³-hybridized carbons (Fsp3) is 0.435. The Morgan fingerprint density at radius 2 is 1.84 bits per heavy atom. The van der Waals surface area contributed by atoms with Crippen LogP contribution < -0.4 is 10.6 Å². The van der Waals surface area contributed by atoms with Crippen molar-refractivity contribution >= 4 is 51.6 Å². The average molecular weight is 461 g/mol. The number of rotatable bonds is 6. The summed E-state index contributed by atoms with van der Waals surface area (Å²) in [5.74, 6) is -0.706. The van der Waals surface area contributed by atoms with Crippen molar-refractivity contribution in [1.29, 1.82) is 0 Å². The summed E-state index contributed by atoms with van der Waals surface area (Å²) in [6.07, 6.45) is 6.25. The first-order chi connectivity index (χ1) is 14.9. The van der Waals surface area contributed by atoms with Gasteiger partial charge in [0.25, 0.3) is 0 Å². The van der Waals surface area contributed by atoms with Gasteiger partial charge < -0.3 is 15.4 Å². The van der Waals surface area contributed by atoms with E-state index in [2.05, 4.69) is 10.6 Å². The number of amides is 2. The first-order valence-corrected chi connectivity index (χ1v) is 12.2. The molecule has 1 aliphatic carbocycles. The number of hydrogen-bond donors (Lipinski definition) is 2. The van der Waals surface area contributed by atoms with E-state index >= 15 is 0 Å². The predicted molar refractivity (Wildman–Crippen MR) is 126 cm³/mol. The number of hydrogen-bond acceptors (Lipinski definition) is 6. The van der Waals surface area contributed by atoms with E-state index in [1.54, 1.807) is 6.07 Å². The van der Waals surface area contributed by atoms with E-state index in [0.29, 0.717) is 16.3 Å². The first kappa shape index (κ1) is 23.3. The minimum atomic E-state index is -0.392. The molecule has 0 saturated heterocycles. The maximum atomic E-state index is 12.9. The fourth-order valence-corrected chi connectivity index (χ4v) is 5.85. The van der Waals surface area contributed by atoms with Crippen LogP contribution in [0.2, 0.25) is 0 Å². The van der Waals surface area contributed by atoms with E-state index < -0.39 is 5.97 Å². The minimum Gasteiger partial charge on any atom is -0.465 e. The van der Waals surface area contributed by atoms with Crippen molar-refractivity contribution in [3.8, 4) is 0 Å². The maximum Gasteiger partial charge on any atom is 0.341 e. The first-order valence-electron chi connectivity index (χ1n) is 10.5. The number of thioether (sulfide) groups is 1. The number of fused-ring (bicyclic) bond motifs is 1. The van der Waals surface area contributed by atoms with Crippen LogP contribution in [0.3, 0.4) is 0 Å². The van der Waals surface area contributed by atoms with Crippen LogP contribution in [0.15, 0.2) is 29.2 Å². The molecule has 0 saturated carbocycles. The summed E-state index contributed by atoms with van der Waals surface area (Å²) in [6, 6.07) is 7.39. The van der Waals surface area contributed by atoms with Gasteiger partial charge in [-0.05, 0) is 56.4 Å². The van der Waals surface area contributed by atoms with Crippen LogP contribution in [0.1, 0.15) is 60.3 Å². The van der Waals surface area contributed by atoms with Crippen LogP contribution in [-0.4, -0.2) is 30.1 Å². The molecule has 0 aliphatic heterocycles. The summed E-state index contributed by atoms with van der Waals surface area (Å²) >= 11 is 2.90. The van der Waals surface area contributed by atoms with E-state index in [1.165, 1.54) is 48.4 Å². The Morgan fingerprint density at radius 1 is 1.10 bits per heavy atom. The van der Waals surface area contributed by atoms with Gasteiger partial charge in [0.1, 0.15) is 5.00 Å². The van der Waals surface area contributed by atoms with Crippen LogP contribution in [0.25, 0.3) is 0 Å². The summed E-state index contributed by atoms with van der Waals surface area (Å²) in [4.78, 5) is 38.8. The summed E-state index contributed by atoms with van der Waals surface area (Å²) in [5.41, 5.74) is 2.24. The van der Waals surface area contributed by atoms with Crippen molar-refractivity contribution in [2.45, 2.75) is 62.5 Å². The molecule has 166 valence electrons. The number of nitrogens with one attached hydrogen (secondary N) is 2. The van der Waals surface area contributed by atoms with Gasteiger partial charge in [-0.1, -0.05) is 18.9 Å². The normalized spacial score (nSPS) is 14.5. The van der Waals surface area contributed by atoms with Crippen LogP contribution >= 0.6 is 23.1 Å². The molecule has 0 fully saturated rings. The number of carbonyl (C=O) groups is 3. The van der Waals surface area contributed by atoms with Gasteiger partial charge in [-0.25, -0.2) is 4.79 Å². The molecule has 0 spiro atoms. The molecule has 0 radical (unpaired) electrons. The quantitative estimate of drug-likeness (QED) is 0.453. The van der Waals surface area contributed by atoms with Gasteiger partial charge in [0, 0.05) is 22.4 Å². The van der Waals surface area contributed by atoms with Gasteiger partial charge in [-0.2, -0.15) is 0 Å². The lowest BCUT2D eigenvalue weighted by molar-refractivity contribution is -0.115. The lowest BCUT2D eigenvalue weighted by Gasteiger charge is -2.13. The molecule has 1 aliphatic rings. The van der Waals surface area contributed by atoms with Gasteiger partial charge in [0.05, 0.1) is 17.9 Å². The highest BCUT2D eigenvalue weighted by Gasteiger charge is 2.27. The standard InChI is InChI=1S/C23H28N2O4S2/c1-14(30-17-10-8-9-16(13-17)24-15(2)26)21(27)25-22-20(23(28)29-3)18-11-6-4-5-7-12-19(18)31-22/h8-10,13-14H,4-7,11-12H2,1-3H3,(H,24,26)(H,25,27). The lowest BCUT2D eigenvalue weighted by atomic mass is 9.96. The molecular formula is C23H28N2O4S2. The van der Waals surface area contributed by atoms with Gasteiger partial charge >= 0.3 is 5.97 Å². The monoisotopic (exact) mass is 460 g/mol. The fourth-order valence-electron chi connectivity index (χ4n) is 3.65. The molecule has 2 aromatic rings. The van der Waals surface area contributed by atoms with Gasteiger partial charge in [-0.3, -0.25) is 9.59 Å². The highest BCUT2D eigenvalue weighted by Crippen LogP contribution is 2.38. The second kappa shape index (κ2) is 10.8. The molecule has 1 aromatic carbocycles. The largest absolute Gasteiger partial charge is 0.465 e. The minimum absolute atomic E-state index is 0.142. The SMILES string of the molecule is COC(=O)c1c(NC(=O)C(C)Sc2cccc(NC(C)=O)c2)sc2c1CCCCCC2. The Bertz CT molecular complexity index is 970. The molecule has 31 heavy (non-hydrogen) atoms. The Labute approximate surface area is 191 Å². The Morgan fingerprint density at radius 3 is 2.55 bits per heavy atom. The molecule has 2 N–H and O–H groups in total. The third-order valence-electron chi connectivity index (χ3n) is 5.13. The molecule has 8 heteroatoms. The number of methoxy groups -OCH3 is 1. The zero-order valence-corrected chi connectivity index (χ0v) is 19.7. The van der Waals surface area contributed by atoms with Gasteiger partial charge in [0.2, 0.25) is 11.8 Å². The zero-order chi connectivity index (χ0) is 22.4. The molecule has 1 heterocycles. The summed E-state index contributed by atoms with van der Waals surface area (Å²) < 4.78 is 5.03. The highest BCUT2D eigenvalue weighted by molar-refractivity contribution is 8.00. The van der Waals surface area contributed by atoms with Gasteiger partial charge in [-0.15, -0.1) is 23.1 Å². The third kappa shape index (κ3) is 6.11. The average Bonchev–Trinajstić information content (AvgIpc) is 3.03. The number of carbonyl (C=O) groups excluding carboxylic acids is 3. The summed E-state index contributed by atoms with van der Waals surface area (Å²) in [5, 5.41) is 5.93. The van der Waals surface area contributed by atoms with E-state index in [4.69, 9.17) is 4.74 Å². The van der Waals surface area contributed by atoms with Crippen molar-refractivity contribution in [2.75, 3.05) is 17.7 Å². The molecule has 2 amide bonds. The van der Waals surface area contributed by atoms with Crippen LogP contribution in [0.5, 0.6) is 0 Å². The van der Waals surface area contributed by atoms with Crippen LogP contribution in [0, 0.1) is 0 Å². The zero-order valence-electron chi connectivity index (χ0n) is 18.1. The Kier molecular flexibility index (Phi) is 8.15. The predicted octanol–water partition coefficient (Wildman–Crippen LogP) is 5.27. The topological polar surface area (TPSA) is 84.5 Å². The molecular weight excluding hydrogens is 432 g/mol. The third-order valence-corrected chi connectivity index (χ3v) is 7.44. The molecule has 1 unspecified atom stereocenters. The Balaban J connectivity index is 1.77. The van der Waals surface area contributed by atoms with Crippen LogP contribution in [-0.2, 0) is 27.2 Å². The molecule has 1 aromatic heterocycles. The molecule has 6 nitrogen and oxygen atoms in total. The van der Waals surface area contributed by atoms with Crippen molar-refractivity contribution in [2.24, 2.45) is 0 Å². The maximum absolute atomic E-state index is 12.9. The molecule has 1 atom stereocenters.